The first-order valence-corrected chi connectivity index (χ1v) is 7.36. The number of fused-ring (bicyclic) bond motifs is 2. The lowest BCUT2D eigenvalue weighted by molar-refractivity contribution is 0.447. The average molecular weight is 333 g/mol. The summed E-state index contributed by atoms with van der Waals surface area (Å²) in [5, 5.41) is 9.65. The van der Waals surface area contributed by atoms with Crippen molar-refractivity contribution in [2.45, 2.75) is 0 Å². The van der Waals surface area contributed by atoms with Crippen molar-refractivity contribution >= 4 is 34.0 Å². The molecule has 2 aromatic heterocycles. The van der Waals surface area contributed by atoms with Crippen molar-refractivity contribution in [3.63, 3.8) is 0 Å². The minimum atomic E-state index is -0.785. The highest BCUT2D eigenvalue weighted by atomic mass is 16.3. The molecule has 2 aromatic carbocycles. The van der Waals surface area contributed by atoms with Crippen LogP contribution in [0.1, 0.15) is 5.56 Å². The molecule has 2 heterocycles. The summed E-state index contributed by atoms with van der Waals surface area (Å²) in [5.41, 5.74) is 1.84. The third-order valence-corrected chi connectivity index (χ3v) is 3.62. The number of aromatic hydroxyl groups is 1. The van der Waals surface area contributed by atoms with Gasteiger partial charge in [-0.25, -0.2) is 14.8 Å². The molecule has 0 amide bonds. The molecule has 0 saturated heterocycles. The summed E-state index contributed by atoms with van der Waals surface area (Å²) in [7, 11) is 0. The summed E-state index contributed by atoms with van der Waals surface area (Å²) in [6, 6.07) is 12.8. The van der Waals surface area contributed by atoms with Gasteiger partial charge in [-0.2, -0.15) is 0 Å². The van der Waals surface area contributed by atoms with Gasteiger partial charge in [-0.1, -0.05) is 12.1 Å². The van der Waals surface area contributed by atoms with Gasteiger partial charge in [0.25, 0.3) is 5.56 Å². The predicted molar refractivity (Wildman–Crippen MR) is 93.6 cm³/mol. The lowest BCUT2D eigenvalue weighted by Gasteiger charge is -2.02. The molecule has 25 heavy (non-hydrogen) atoms. The number of rotatable bonds is 2. The van der Waals surface area contributed by atoms with Crippen LogP contribution in [0.4, 0.5) is 5.69 Å². The van der Waals surface area contributed by atoms with E-state index in [1.165, 1.54) is 6.21 Å². The molecular weight excluding hydrogens is 322 g/mol. The Morgan fingerprint density at radius 1 is 0.920 bits per heavy atom. The Labute approximate surface area is 139 Å². The predicted octanol–water partition coefficient (Wildman–Crippen LogP) is 1.62. The molecule has 0 aliphatic carbocycles. The molecule has 0 aliphatic heterocycles. The Kier molecular flexibility index (Phi) is 3.35. The van der Waals surface area contributed by atoms with Gasteiger partial charge in [-0.3, -0.25) is 19.8 Å². The van der Waals surface area contributed by atoms with Gasteiger partial charge in [0.2, 0.25) is 5.88 Å². The summed E-state index contributed by atoms with van der Waals surface area (Å²) in [6.45, 7) is 0. The molecule has 3 N–H and O–H groups in total. The summed E-state index contributed by atoms with van der Waals surface area (Å²) in [5.74, 6) is -0.538. The molecule has 8 heteroatoms. The van der Waals surface area contributed by atoms with E-state index in [0.29, 0.717) is 11.2 Å². The van der Waals surface area contributed by atoms with E-state index in [-0.39, 0.29) is 5.56 Å². The van der Waals surface area contributed by atoms with E-state index < -0.39 is 17.1 Å². The zero-order valence-corrected chi connectivity index (χ0v) is 12.7. The normalized spacial score (nSPS) is 11.5. The van der Waals surface area contributed by atoms with Crippen LogP contribution in [0.5, 0.6) is 5.88 Å². The third-order valence-electron chi connectivity index (χ3n) is 3.62. The van der Waals surface area contributed by atoms with E-state index >= 15 is 0 Å². The first-order chi connectivity index (χ1) is 12.1. The maximum atomic E-state index is 11.7. The lowest BCUT2D eigenvalue weighted by Crippen LogP contribution is -2.24. The van der Waals surface area contributed by atoms with Gasteiger partial charge in [0.15, 0.2) is 0 Å². The monoisotopic (exact) mass is 333 g/mol. The maximum Gasteiger partial charge on any atom is 0.328 e. The molecule has 0 aliphatic rings. The van der Waals surface area contributed by atoms with E-state index in [1.54, 1.807) is 18.2 Å². The highest BCUT2D eigenvalue weighted by molar-refractivity contribution is 5.89. The molecule has 4 aromatic rings. The fraction of sp³-hybridized carbons (Fsp3) is 0. The smallest absolute Gasteiger partial charge is 0.328 e. The van der Waals surface area contributed by atoms with Gasteiger partial charge in [0, 0.05) is 6.21 Å². The number of hydrogen-bond acceptors (Lipinski definition) is 6. The molecule has 0 atom stereocenters. The van der Waals surface area contributed by atoms with Crippen LogP contribution in [0.15, 0.2) is 57.0 Å². The number of aliphatic imine (C=N–C) groups is 1. The fourth-order valence-corrected chi connectivity index (χ4v) is 2.43. The zero-order valence-electron chi connectivity index (χ0n) is 12.7. The Morgan fingerprint density at radius 3 is 2.32 bits per heavy atom. The molecule has 122 valence electrons. The van der Waals surface area contributed by atoms with Crippen LogP contribution in [-0.2, 0) is 0 Å². The quantitative estimate of drug-likeness (QED) is 0.380. The number of para-hydroxylation sites is 2. The van der Waals surface area contributed by atoms with E-state index in [0.717, 1.165) is 16.6 Å². The maximum absolute atomic E-state index is 11.7. The van der Waals surface area contributed by atoms with E-state index in [4.69, 9.17) is 0 Å². The number of nitrogens with one attached hydrogen (secondary N) is 2. The Bertz CT molecular complexity index is 1260. The Hall–Kier alpha value is -3.81. The van der Waals surface area contributed by atoms with Crippen LogP contribution in [0, 0.1) is 0 Å². The summed E-state index contributed by atoms with van der Waals surface area (Å²) in [6.07, 6.45) is 1.18. The molecule has 0 spiro atoms. The Balaban J connectivity index is 1.78. The highest BCUT2D eigenvalue weighted by Crippen LogP contribution is 2.21. The molecule has 4 rings (SSSR count). The SMILES string of the molecule is O=c1[nH]c(O)c(C=Nc2ccc3nc4ccccc4nc3c2)c(=O)[nH]1. The van der Waals surface area contributed by atoms with Crippen molar-refractivity contribution in [1.82, 2.24) is 19.9 Å². The average Bonchev–Trinajstić information content (AvgIpc) is 2.59. The minimum absolute atomic E-state index is 0.135. The minimum Gasteiger partial charge on any atom is -0.494 e. The highest BCUT2D eigenvalue weighted by Gasteiger charge is 2.06. The van der Waals surface area contributed by atoms with Gasteiger partial charge in [0.05, 0.1) is 27.8 Å². The standard InChI is InChI=1S/C17H11N5O3/c23-15-10(16(24)22-17(25)21-15)8-18-9-5-6-13-14(7-9)20-12-4-2-1-3-11(12)19-13/h1-8H,(H3,21,22,23,24,25). The molecule has 8 nitrogen and oxygen atoms in total. The van der Waals surface area contributed by atoms with Gasteiger partial charge < -0.3 is 5.11 Å². The number of hydrogen-bond donors (Lipinski definition) is 3. The van der Waals surface area contributed by atoms with Crippen molar-refractivity contribution in [1.29, 1.82) is 0 Å². The van der Waals surface area contributed by atoms with E-state index in [9.17, 15) is 14.7 Å². The first kappa shape index (κ1) is 14.8. The summed E-state index contributed by atoms with van der Waals surface area (Å²) in [4.78, 5) is 40.1. The number of nitrogens with zero attached hydrogens (tertiary/aromatic N) is 3. The number of benzene rings is 2. The van der Waals surface area contributed by atoms with Crippen LogP contribution in [-0.4, -0.2) is 31.3 Å². The molecule has 0 radical (unpaired) electrons. The second-order valence-corrected chi connectivity index (χ2v) is 5.31. The van der Waals surface area contributed by atoms with Crippen LogP contribution in [0.2, 0.25) is 0 Å². The van der Waals surface area contributed by atoms with E-state index in [1.807, 2.05) is 29.2 Å². The van der Waals surface area contributed by atoms with Crippen molar-refractivity contribution < 1.29 is 5.11 Å². The van der Waals surface area contributed by atoms with Crippen molar-refractivity contribution in [3.8, 4) is 5.88 Å². The largest absolute Gasteiger partial charge is 0.494 e. The third kappa shape index (κ3) is 2.76. The zero-order chi connectivity index (χ0) is 17.4. The number of aromatic amines is 2. The molecule has 0 bridgehead atoms. The summed E-state index contributed by atoms with van der Waals surface area (Å²) >= 11 is 0. The van der Waals surface area contributed by atoms with Gasteiger partial charge in [-0.15, -0.1) is 0 Å². The second-order valence-electron chi connectivity index (χ2n) is 5.31. The van der Waals surface area contributed by atoms with Crippen LogP contribution < -0.4 is 11.2 Å². The number of aromatic nitrogens is 4. The van der Waals surface area contributed by atoms with E-state index in [2.05, 4.69) is 19.9 Å². The Morgan fingerprint density at radius 2 is 1.60 bits per heavy atom. The van der Waals surface area contributed by atoms with Crippen molar-refractivity contribution in [2.24, 2.45) is 4.99 Å². The fourth-order valence-electron chi connectivity index (χ4n) is 2.43. The first-order valence-electron chi connectivity index (χ1n) is 7.36. The van der Waals surface area contributed by atoms with Crippen molar-refractivity contribution in [2.75, 3.05) is 0 Å². The van der Waals surface area contributed by atoms with Crippen molar-refractivity contribution in [3.05, 3.63) is 68.9 Å². The van der Waals surface area contributed by atoms with Crippen LogP contribution in [0.3, 0.4) is 0 Å². The van der Waals surface area contributed by atoms with Crippen LogP contribution in [0.25, 0.3) is 22.1 Å². The lowest BCUT2D eigenvalue weighted by atomic mass is 10.2. The van der Waals surface area contributed by atoms with Gasteiger partial charge in [0.1, 0.15) is 5.56 Å². The molecule has 0 saturated carbocycles. The van der Waals surface area contributed by atoms with Crippen LogP contribution >= 0.6 is 0 Å². The van der Waals surface area contributed by atoms with Gasteiger partial charge in [-0.05, 0) is 30.3 Å². The molecule has 0 fully saturated rings. The van der Waals surface area contributed by atoms with Gasteiger partial charge >= 0.3 is 5.69 Å². The number of H-pyrrole nitrogens is 2. The molecular formula is C17H11N5O3. The summed E-state index contributed by atoms with van der Waals surface area (Å²) < 4.78 is 0. The topological polar surface area (TPSA) is 124 Å². The second kappa shape index (κ2) is 5.68. The molecule has 0 unspecified atom stereocenters.